The molecule has 0 saturated heterocycles. The van der Waals surface area contributed by atoms with Crippen LogP contribution in [0.15, 0.2) is 30.6 Å². The van der Waals surface area contributed by atoms with E-state index in [1.165, 1.54) is 6.92 Å². The van der Waals surface area contributed by atoms with E-state index in [4.69, 9.17) is 0 Å². The molecule has 0 fully saturated rings. The summed E-state index contributed by atoms with van der Waals surface area (Å²) in [4.78, 5) is 11.2. The molecule has 0 radical (unpaired) electrons. The fraction of sp³-hybridized carbons (Fsp3) is 0.412. The van der Waals surface area contributed by atoms with Gasteiger partial charge in [-0.2, -0.15) is 5.10 Å². The molecule has 1 aromatic heterocycles. The Balaban J connectivity index is 1.98. The summed E-state index contributed by atoms with van der Waals surface area (Å²) in [5.41, 5.74) is 4.12. The molecule has 1 unspecified atom stereocenters. The highest BCUT2D eigenvalue weighted by molar-refractivity contribution is 5.90. The van der Waals surface area contributed by atoms with Crippen LogP contribution in [0, 0.1) is 13.8 Å². The van der Waals surface area contributed by atoms with Gasteiger partial charge in [-0.25, -0.2) is 0 Å². The molecule has 1 aromatic carbocycles. The molecule has 0 aliphatic heterocycles. The second kappa shape index (κ2) is 7.11. The van der Waals surface area contributed by atoms with Crippen molar-refractivity contribution in [2.75, 3.05) is 10.6 Å². The van der Waals surface area contributed by atoms with Gasteiger partial charge in [-0.1, -0.05) is 0 Å². The summed E-state index contributed by atoms with van der Waals surface area (Å²) in [7, 11) is 0. The molecule has 0 saturated carbocycles. The smallest absolute Gasteiger partial charge is 0.221 e. The van der Waals surface area contributed by atoms with Crippen LogP contribution in [-0.4, -0.2) is 21.7 Å². The van der Waals surface area contributed by atoms with Gasteiger partial charge in [0, 0.05) is 43.3 Å². The molecule has 0 aliphatic carbocycles. The van der Waals surface area contributed by atoms with Crippen molar-refractivity contribution in [1.29, 1.82) is 0 Å². The first-order valence-corrected chi connectivity index (χ1v) is 7.58. The predicted molar refractivity (Wildman–Crippen MR) is 90.1 cm³/mol. The maximum Gasteiger partial charge on any atom is 0.221 e. The van der Waals surface area contributed by atoms with Gasteiger partial charge >= 0.3 is 0 Å². The number of amides is 1. The Morgan fingerprint density at radius 3 is 2.55 bits per heavy atom. The largest absolute Gasteiger partial charge is 0.383 e. The quantitative estimate of drug-likeness (QED) is 0.860. The Bertz CT molecular complexity index is 611. The molecule has 1 atom stereocenters. The lowest BCUT2D eigenvalue weighted by molar-refractivity contribution is -0.114. The minimum atomic E-state index is -0.0421. The lowest BCUT2D eigenvalue weighted by Crippen LogP contribution is -2.18. The van der Waals surface area contributed by atoms with E-state index in [1.807, 2.05) is 30.8 Å². The van der Waals surface area contributed by atoms with E-state index in [9.17, 15) is 4.79 Å². The van der Waals surface area contributed by atoms with Crippen LogP contribution in [0.3, 0.4) is 0 Å². The lowest BCUT2D eigenvalue weighted by Gasteiger charge is -2.18. The number of aryl methyl sites for hydroxylation is 3. The number of hydrogen-bond donors (Lipinski definition) is 2. The third-order valence-corrected chi connectivity index (χ3v) is 3.60. The number of carbonyl (C=O) groups excluding carboxylic acids is 1. The average Bonchev–Trinajstić information content (AvgIpc) is 2.94. The minimum Gasteiger partial charge on any atom is -0.383 e. The van der Waals surface area contributed by atoms with Gasteiger partial charge in [-0.05, 0) is 56.5 Å². The van der Waals surface area contributed by atoms with Crippen molar-refractivity contribution in [3.8, 4) is 0 Å². The number of benzene rings is 1. The number of aromatic nitrogens is 2. The molecule has 2 aromatic rings. The van der Waals surface area contributed by atoms with Crippen molar-refractivity contribution in [3.05, 3.63) is 41.7 Å². The van der Waals surface area contributed by atoms with E-state index in [0.717, 1.165) is 35.5 Å². The maximum atomic E-state index is 11.2. The number of nitrogens with one attached hydrogen (secondary N) is 2. The van der Waals surface area contributed by atoms with Crippen LogP contribution >= 0.6 is 0 Å². The van der Waals surface area contributed by atoms with Gasteiger partial charge in [0.2, 0.25) is 5.91 Å². The molecule has 0 aliphatic rings. The number of nitrogens with zero attached hydrogens (tertiary/aromatic N) is 2. The van der Waals surface area contributed by atoms with Gasteiger partial charge in [0.15, 0.2) is 0 Å². The van der Waals surface area contributed by atoms with Crippen molar-refractivity contribution < 1.29 is 4.79 Å². The molecule has 0 spiro atoms. The predicted octanol–water partition coefficient (Wildman–Crippen LogP) is 3.35. The highest BCUT2D eigenvalue weighted by atomic mass is 16.1. The molecule has 22 heavy (non-hydrogen) atoms. The minimum absolute atomic E-state index is 0.0421. The number of anilines is 2. The van der Waals surface area contributed by atoms with Gasteiger partial charge in [0.05, 0.1) is 0 Å². The zero-order chi connectivity index (χ0) is 16.1. The fourth-order valence-corrected chi connectivity index (χ4v) is 2.54. The molecular weight excluding hydrogens is 276 g/mol. The first-order chi connectivity index (χ1) is 10.5. The van der Waals surface area contributed by atoms with Gasteiger partial charge in [-0.15, -0.1) is 0 Å². The van der Waals surface area contributed by atoms with Crippen LogP contribution in [0.1, 0.15) is 31.4 Å². The first-order valence-electron chi connectivity index (χ1n) is 7.58. The van der Waals surface area contributed by atoms with Crippen molar-refractivity contribution >= 4 is 17.3 Å². The molecule has 2 N–H and O–H groups in total. The first kappa shape index (κ1) is 16.1. The second-order valence-electron chi connectivity index (χ2n) is 5.77. The van der Waals surface area contributed by atoms with Gasteiger partial charge in [-0.3, -0.25) is 9.48 Å². The Hall–Kier alpha value is -2.30. The van der Waals surface area contributed by atoms with Crippen LogP contribution in [0.25, 0.3) is 0 Å². The maximum absolute atomic E-state index is 11.2. The number of hydrogen-bond acceptors (Lipinski definition) is 3. The van der Waals surface area contributed by atoms with E-state index in [-0.39, 0.29) is 5.91 Å². The molecule has 2 rings (SSSR count). The molecule has 5 nitrogen and oxygen atoms in total. The average molecular weight is 300 g/mol. The number of rotatable bonds is 6. The lowest BCUT2D eigenvalue weighted by atomic mass is 10.1. The monoisotopic (exact) mass is 300 g/mol. The van der Waals surface area contributed by atoms with Crippen LogP contribution < -0.4 is 10.6 Å². The zero-order valence-corrected chi connectivity index (χ0v) is 13.7. The molecule has 118 valence electrons. The third-order valence-electron chi connectivity index (χ3n) is 3.60. The van der Waals surface area contributed by atoms with Crippen molar-refractivity contribution in [1.82, 2.24) is 9.78 Å². The Labute approximate surface area is 131 Å². The van der Waals surface area contributed by atoms with Crippen molar-refractivity contribution in [2.45, 2.75) is 46.7 Å². The third kappa shape index (κ3) is 4.35. The van der Waals surface area contributed by atoms with Crippen LogP contribution in [0.5, 0.6) is 0 Å². The summed E-state index contributed by atoms with van der Waals surface area (Å²) in [6.07, 6.45) is 4.77. The summed E-state index contributed by atoms with van der Waals surface area (Å²) in [6, 6.07) is 6.42. The van der Waals surface area contributed by atoms with Crippen LogP contribution in [0.4, 0.5) is 11.4 Å². The summed E-state index contributed by atoms with van der Waals surface area (Å²) in [5.74, 6) is -0.0421. The van der Waals surface area contributed by atoms with Gasteiger partial charge in [0.1, 0.15) is 0 Å². The van der Waals surface area contributed by atoms with Crippen molar-refractivity contribution in [3.63, 3.8) is 0 Å². The number of carbonyl (C=O) groups is 1. The van der Waals surface area contributed by atoms with E-state index in [0.29, 0.717) is 6.04 Å². The summed E-state index contributed by atoms with van der Waals surface area (Å²) in [5, 5.41) is 10.6. The summed E-state index contributed by atoms with van der Waals surface area (Å²) < 4.78 is 1.94. The molecule has 5 heteroatoms. The Kier molecular flexibility index (Phi) is 5.20. The topological polar surface area (TPSA) is 59.0 Å². The van der Waals surface area contributed by atoms with E-state index < -0.39 is 0 Å². The van der Waals surface area contributed by atoms with Gasteiger partial charge < -0.3 is 10.6 Å². The Morgan fingerprint density at radius 2 is 2.00 bits per heavy atom. The SMILES string of the molecule is CC(=O)Nc1c(C)cc(NC(C)CCn2cccn2)cc1C. The highest BCUT2D eigenvalue weighted by Gasteiger charge is 2.08. The van der Waals surface area contributed by atoms with E-state index >= 15 is 0 Å². The molecule has 1 heterocycles. The van der Waals surface area contributed by atoms with E-state index in [1.54, 1.807) is 6.20 Å². The van der Waals surface area contributed by atoms with Crippen molar-refractivity contribution in [2.24, 2.45) is 0 Å². The van der Waals surface area contributed by atoms with Crippen LogP contribution in [-0.2, 0) is 11.3 Å². The normalized spacial score (nSPS) is 12.0. The summed E-state index contributed by atoms with van der Waals surface area (Å²) in [6.45, 7) is 8.61. The molecular formula is C17H24N4O. The van der Waals surface area contributed by atoms with Crippen LogP contribution in [0.2, 0.25) is 0 Å². The molecule has 0 bridgehead atoms. The highest BCUT2D eigenvalue weighted by Crippen LogP contribution is 2.25. The zero-order valence-electron chi connectivity index (χ0n) is 13.7. The summed E-state index contributed by atoms with van der Waals surface area (Å²) >= 11 is 0. The Morgan fingerprint density at radius 1 is 1.32 bits per heavy atom. The van der Waals surface area contributed by atoms with E-state index in [2.05, 4.69) is 34.8 Å². The van der Waals surface area contributed by atoms with Gasteiger partial charge in [0.25, 0.3) is 0 Å². The molecule has 1 amide bonds. The second-order valence-corrected chi connectivity index (χ2v) is 5.77. The fourth-order valence-electron chi connectivity index (χ4n) is 2.54. The standard InChI is InChI=1S/C17H24N4O/c1-12-10-16(11-13(2)17(12)20-15(4)22)19-14(3)6-9-21-8-5-7-18-21/h5,7-8,10-11,14,19H,6,9H2,1-4H3,(H,20,22).